The van der Waals surface area contributed by atoms with E-state index in [0.717, 1.165) is 0 Å². The van der Waals surface area contributed by atoms with Gasteiger partial charge in [-0.05, 0) is 17.3 Å². The van der Waals surface area contributed by atoms with Gasteiger partial charge in [0.15, 0.2) is 32.8 Å². The van der Waals surface area contributed by atoms with Crippen molar-refractivity contribution in [3.63, 3.8) is 0 Å². The second-order valence-corrected chi connectivity index (χ2v) is 6.82. The average Bonchev–Trinajstić information content (AvgIpc) is 2.75. The van der Waals surface area contributed by atoms with Gasteiger partial charge >= 0.3 is 0 Å². The standard InChI is InChI=1S/C12H6B11NO2/c1-9(16,24-11(20,21)10(17,18)19)2-3-4(13)6(15)8-7(5(3)14)25-12(22,23)26-8/h24H,2H2,1H3. The van der Waals surface area contributed by atoms with Crippen molar-refractivity contribution in [2.45, 2.75) is 34.8 Å². The zero-order valence-corrected chi connectivity index (χ0v) is 14.4. The summed E-state index contributed by atoms with van der Waals surface area (Å²) in [6.45, 7) is 1.54. The molecule has 22 radical (unpaired) electrons. The summed E-state index contributed by atoms with van der Waals surface area (Å²) in [7, 11) is 63.8. The van der Waals surface area contributed by atoms with Crippen molar-refractivity contribution in [3.8, 4) is 11.5 Å². The molecule has 1 unspecified atom stereocenters. The van der Waals surface area contributed by atoms with E-state index in [4.69, 9.17) is 95.8 Å². The van der Waals surface area contributed by atoms with E-state index in [0.29, 0.717) is 5.56 Å². The molecule has 1 atom stereocenters. The Kier molecular flexibility index (Phi) is 5.47. The van der Waals surface area contributed by atoms with Crippen LogP contribution in [0.25, 0.3) is 0 Å². The van der Waals surface area contributed by atoms with Gasteiger partial charge in [-0.3, -0.25) is 0 Å². The number of ether oxygens (including phenoxy) is 2. The fraction of sp³-hybridized carbons (Fsp3) is 0.500. The molecule has 2 rings (SSSR count). The van der Waals surface area contributed by atoms with Crippen LogP contribution >= 0.6 is 0 Å². The zero-order chi connectivity index (χ0) is 20.3. The van der Waals surface area contributed by atoms with E-state index >= 15 is 0 Å². The van der Waals surface area contributed by atoms with Gasteiger partial charge in [0.25, 0.3) is 0 Å². The van der Waals surface area contributed by atoms with Gasteiger partial charge in [-0.15, -0.1) is 5.11 Å². The third-order valence-electron chi connectivity index (χ3n) is 3.91. The van der Waals surface area contributed by atoms with Crippen LogP contribution in [0.1, 0.15) is 12.5 Å². The molecule has 1 aromatic rings. The van der Waals surface area contributed by atoms with Crippen molar-refractivity contribution in [1.29, 1.82) is 0 Å². The summed E-state index contributed by atoms with van der Waals surface area (Å²) in [5, 5.41) is -1.24. The van der Waals surface area contributed by atoms with Crippen molar-refractivity contribution in [3.05, 3.63) is 5.56 Å². The Hall–Kier alpha value is -0.506. The molecule has 0 saturated heterocycles. The van der Waals surface area contributed by atoms with Gasteiger partial charge in [0.05, 0.1) is 47.1 Å². The highest BCUT2D eigenvalue weighted by Crippen LogP contribution is 2.34. The molecule has 0 fully saturated rings. The summed E-state index contributed by atoms with van der Waals surface area (Å²) in [5.74, 6) is 0.0856. The molecule has 26 heavy (non-hydrogen) atoms. The predicted octanol–water partition coefficient (Wildman–Crippen LogP) is -5.63. The van der Waals surface area contributed by atoms with Crippen LogP contribution in [-0.4, -0.2) is 103 Å². The summed E-state index contributed by atoms with van der Waals surface area (Å²) >= 11 is 0. The van der Waals surface area contributed by atoms with Crippen LogP contribution in [0.3, 0.4) is 0 Å². The summed E-state index contributed by atoms with van der Waals surface area (Å²) in [6, 6.07) is 0. The van der Waals surface area contributed by atoms with E-state index in [1.165, 1.54) is 0 Å². The van der Waals surface area contributed by atoms with Crippen LogP contribution in [0, 0.1) is 0 Å². The van der Waals surface area contributed by atoms with Gasteiger partial charge in [-0.2, -0.15) is 0 Å². The van der Waals surface area contributed by atoms with Crippen LogP contribution in [0.2, 0.25) is 5.11 Å². The molecule has 0 spiro atoms. The number of hydrogen-bond donors (Lipinski definition) is 1. The van der Waals surface area contributed by atoms with Gasteiger partial charge in [0.1, 0.15) is 23.5 Å². The SMILES string of the molecule is [B]c1c([B])c2c(c([B])c1CC([B])(C)NC([B])([B])C([B])([B])[B])OC([B])([B])O2. The Balaban J connectivity index is 2.41. The topological polar surface area (TPSA) is 30.5 Å². The smallest absolute Gasteiger partial charge is 0.175 e. The molecule has 1 aliphatic rings. The molecular formula is C12H6B11NO2. The molecule has 3 nitrogen and oxygen atoms in total. The Morgan fingerprint density at radius 2 is 1.31 bits per heavy atom. The molecule has 0 aliphatic carbocycles. The average molecular weight is 315 g/mol. The lowest BCUT2D eigenvalue weighted by molar-refractivity contribution is 0.0844. The van der Waals surface area contributed by atoms with Crippen LogP contribution in [0.4, 0.5) is 0 Å². The predicted molar refractivity (Wildman–Crippen MR) is 113 cm³/mol. The van der Waals surface area contributed by atoms with Crippen molar-refractivity contribution >= 4 is 103 Å². The van der Waals surface area contributed by atoms with Gasteiger partial charge in [-0.1, -0.05) is 28.8 Å². The number of rotatable bonds is 5. The highest BCUT2D eigenvalue weighted by atomic mass is 16.7. The molecule has 0 amide bonds. The number of fused-ring (bicyclic) bond motifs is 1. The molecular weight excluding hydrogens is 309 g/mol. The van der Waals surface area contributed by atoms with E-state index in [1.807, 2.05) is 0 Å². The lowest BCUT2D eigenvalue weighted by Crippen LogP contribution is -2.65. The maximum absolute atomic E-state index is 6.21. The molecule has 104 valence electrons. The number of benzene rings is 1. The highest BCUT2D eigenvalue weighted by Gasteiger charge is 2.37. The second-order valence-electron chi connectivity index (χ2n) is 6.82. The Labute approximate surface area is 169 Å². The van der Waals surface area contributed by atoms with Crippen LogP contribution < -0.4 is 31.2 Å². The monoisotopic (exact) mass is 317 g/mol. The first-order chi connectivity index (χ1) is 11.5. The molecule has 1 N–H and O–H groups in total. The van der Waals surface area contributed by atoms with Gasteiger partial charge in [-0.25, -0.2) is 0 Å². The minimum Gasteiger partial charge on any atom is -0.469 e. The van der Waals surface area contributed by atoms with Gasteiger partial charge in [0.2, 0.25) is 0 Å². The first-order valence-corrected chi connectivity index (χ1v) is 7.45. The third-order valence-corrected chi connectivity index (χ3v) is 3.91. The van der Waals surface area contributed by atoms with E-state index in [-0.39, 0.29) is 34.3 Å². The largest absolute Gasteiger partial charge is 0.469 e. The van der Waals surface area contributed by atoms with E-state index < -0.39 is 21.5 Å². The first kappa shape index (κ1) is 21.8. The quantitative estimate of drug-likeness (QED) is 0.550. The second kappa shape index (κ2) is 6.53. The summed E-state index contributed by atoms with van der Waals surface area (Å²) in [4.78, 5) is 0. The number of hydrogen-bond acceptors (Lipinski definition) is 3. The Morgan fingerprint density at radius 3 is 1.77 bits per heavy atom. The van der Waals surface area contributed by atoms with E-state index in [2.05, 4.69) is 5.32 Å². The van der Waals surface area contributed by atoms with Crippen molar-refractivity contribution in [2.24, 2.45) is 0 Å². The maximum atomic E-state index is 6.21. The lowest BCUT2D eigenvalue weighted by atomic mass is 9.26. The maximum Gasteiger partial charge on any atom is 0.175 e. The summed E-state index contributed by atoms with van der Waals surface area (Å²) in [6.07, 6.45) is -0.0140. The molecule has 1 aliphatic heterocycles. The van der Waals surface area contributed by atoms with Crippen LogP contribution in [0.5, 0.6) is 11.5 Å². The molecule has 0 saturated carbocycles. The normalized spacial score (nSPS) is 18.3. The third kappa shape index (κ3) is 4.15. The molecule has 0 bridgehead atoms. The van der Waals surface area contributed by atoms with Crippen LogP contribution in [-0.2, 0) is 6.42 Å². The fourth-order valence-corrected chi connectivity index (χ4v) is 2.54. The fourth-order valence-electron chi connectivity index (χ4n) is 2.54. The van der Waals surface area contributed by atoms with Crippen molar-refractivity contribution in [2.75, 3.05) is 0 Å². The van der Waals surface area contributed by atoms with E-state index in [1.54, 1.807) is 6.92 Å². The summed E-state index contributed by atoms with van der Waals surface area (Å²) < 4.78 is 10.5. The van der Waals surface area contributed by atoms with Crippen LogP contribution in [0.15, 0.2) is 0 Å². The highest BCUT2D eigenvalue weighted by molar-refractivity contribution is 6.67. The Morgan fingerprint density at radius 1 is 0.846 bits per heavy atom. The van der Waals surface area contributed by atoms with Gasteiger partial charge in [0, 0.05) is 0 Å². The van der Waals surface area contributed by atoms with Gasteiger partial charge < -0.3 is 14.8 Å². The molecule has 14 heteroatoms. The van der Waals surface area contributed by atoms with Crippen molar-refractivity contribution < 1.29 is 9.47 Å². The molecule has 0 aromatic heterocycles. The van der Waals surface area contributed by atoms with E-state index in [9.17, 15) is 0 Å². The Bertz CT molecular complexity index is 729. The zero-order valence-electron chi connectivity index (χ0n) is 14.4. The minimum atomic E-state index is -1.97. The summed E-state index contributed by atoms with van der Waals surface area (Å²) in [5.41, 5.74) is -2.69. The molecule has 1 aromatic carbocycles. The minimum absolute atomic E-state index is 0.0140. The van der Waals surface area contributed by atoms with Crippen molar-refractivity contribution in [1.82, 2.24) is 5.32 Å². The number of nitrogens with one attached hydrogen (secondary N) is 1. The first-order valence-electron chi connectivity index (χ1n) is 7.45. The molecule has 1 heterocycles. The lowest BCUT2D eigenvalue weighted by Gasteiger charge is -2.49.